The lowest BCUT2D eigenvalue weighted by Gasteiger charge is -2.08. The molecule has 4 N–H and O–H groups in total. The van der Waals surface area contributed by atoms with E-state index in [1.54, 1.807) is 5.43 Å². The van der Waals surface area contributed by atoms with Crippen LogP contribution in [0.5, 0.6) is 0 Å². The molecule has 2 amide bonds. The van der Waals surface area contributed by atoms with Crippen molar-refractivity contribution in [1.29, 1.82) is 0 Å². The number of hydrogen-bond acceptors (Lipinski definition) is 4. The lowest BCUT2D eigenvalue weighted by atomic mass is 10.2. The van der Waals surface area contributed by atoms with Gasteiger partial charge in [-0.15, -0.1) is 0 Å². The Hall–Kier alpha value is -1.14. The predicted molar refractivity (Wildman–Crippen MR) is 39.7 cm³/mol. The minimum Gasteiger partial charge on any atom is -0.379 e. The van der Waals surface area contributed by atoms with E-state index in [-0.39, 0.29) is 6.04 Å². The van der Waals surface area contributed by atoms with Gasteiger partial charge in [0.25, 0.3) is 0 Å². The first-order valence-corrected chi connectivity index (χ1v) is 3.63. The number of amides is 2. The van der Waals surface area contributed by atoms with Crippen molar-refractivity contribution in [2.45, 2.75) is 12.5 Å². The molecule has 1 fully saturated rings. The Bertz CT molecular complexity index is 188. The Balaban J connectivity index is 2.29. The molecule has 0 aromatic heterocycles. The van der Waals surface area contributed by atoms with Gasteiger partial charge < -0.3 is 10.1 Å². The van der Waals surface area contributed by atoms with E-state index in [0.29, 0.717) is 13.2 Å². The lowest BCUT2D eigenvalue weighted by Crippen LogP contribution is -2.46. The molecule has 1 heterocycles. The first kappa shape index (κ1) is 8.95. The van der Waals surface area contributed by atoms with Crippen molar-refractivity contribution in [3.8, 4) is 0 Å². The molecule has 1 rings (SSSR count). The molecule has 1 atom stereocenters. The molecule has 0 radical (unpaired) electrons. The summed E-state index contributed by atoms with van der Waals surface area (Å²) >= 11 is 0. The average Bonchev–Trinajstić information content (AvgIpc) is 2.55. The van der Waals surface area contributed by atoms with E-state index in [4.69, 9.17) is 10.6 Å². The van der Waals surface area contributed by atoms with Crippen LogP contribution in [0, 0.1) is 0 Å². The molecule has 0 aromatic rings. The highest BCUT2D eigenvalue weighted by atomic mass is 16.5. The lowest BCUT2D eigenvalue weighted by molar-refractivity contribution is -0.139. The van der Waals surface area contributed by atoms with Gasteiger partial charge in [-0.3, -0.25) is 15.0 Å². The van der Waals surface area contributed by atoms with Crippen molar-refractivity contribution in [2.24, 2.45) is 5.84 Å². The minimum absolute atomic E-state index is 0.0604. The second-order valence-corrected chi connectivity index (χ2v) is 2.51. The number of rotatable bonds is 1. The Morgan fingerprint density at radius 1 is 1.42 bits per heavy atom. The van der Waals surface area contributed by atoms with Crippen LogP contribution in [-0.4, -0.2) is 31.1 Å². The van der Waals surface area contributed by atoms with Crippen molar-refractivity contribution < 1.29 is 14.3 Å². The molecule has 1 saturated heterocycles. The van der Waals surface area contributed by atoms with Crippen molar-refractivity contribution in [1.82, 2.24) is 10.7 Å². The van der Waals surface area contributed by atoms with Gasteiger partial charge in [0.05, 0.1) is 12.6 Å². The van der Waals surface area contributed by atoms with Crippen molar-refractivity contribution in [2.75, 3.05) is 13.2 Å². The van der Waals surface area contributed by atoms with Gasteiger partial charge in [0.15, 0.2) is 0 Å². The van der Waals surface area contributed by atoms with Gasteiger partial charge in [-0.1, -0.05) is 0 Å². The van der Waals surface area contributed by atoms with Gasteiger partial charge in [-0.2, -0.15) is 0 Å². The molecule has 0 aliphatic carbocycles. The molecule has 6 nitrogen and oxygen atoms in total. The number of ether oxygens (including phenoxy) is 1. The molecule has 0 aromatic carbocycles. The Morgan fingerprint density at radius 2 is 2.17 bits per heavy atom. The van der Waals surface area contributed by atoms with E-state index in [2.05, 4.69) is 5.32 Å². The van der Waals surface area contributed by atoms with Crippen molar-refractivity contribution >= 4 is 11.8 Å². The fourth-order valence-corrected chi connectivity index (χ4v) is 0.965. The molecule has 68 valence electrons. The van der Waals surface area contributed by atoms with Gasteiger partial charge in [-0.05, 0) is 6.42 Å². The second kappa shape index (κ2) is 4.03. The van der Waals surface area contributed by atoms with Gasteiger partial charge in [0.2, 0.25) is 0 Å². The number of nitrogens with one attached hydrogen (secondary N) is 2. The van der Waals surface area contributed by atoms with Crippen molar-refractivity contribution in [3.63, 3.8) is 0 Å². The summed E-state index contributed by atoms with van der Waals surface area (Å²) in [6, 6.07) is -0.0604. The number of carbonyl (C=O) groups excluding carboxylic acids is 2. The Labute approximate surface area is 69.4 Å². The number of carbonyl (C=O) groups is 2. The van der Waals surface area contributed by atoms with Crippen LogP contribution in [-0.2, 0) is 14.3 Å². The molecule has 6 heteroatoms. The summed E-state index contributed by atoms with van der Waals surface area (Å²) in [4.78, 5) is 21.5. The molecule has 0 spiro atoms. The van der Waals surface area contributed by atoms with E-state index >= 15 is 0 Å². The van der Waals surface area contributed by atoms with Crippen molar-refractivity contribution in [3.05, 3.63) is 0 Å². The fourth-order valence-electron chi connectivity index (χ4n) is 0.965. The maximum atomic E-state index is 10.9. The molecule has 1 unspecified atom stereocenters. The summed E-state index contributed by atoms with van der Waals surface area (Å²) in [7, 11) is 0. The van der Waals surface area contributed by atoms with Gasteiger partial charge in [0, 0.05) is 6.61 Å². The molecular weight excluding hydrogens is 162 g/mol. The topological polar surface area (TPSA) is 93.5 Å². The van der Waals surface area contributed by atoms with Gasteiger partial charge in [0.1, 0.15) is 0 Å². The van der Waals surface area contributed by atoms with Crippen LogP contribution in [0.3, 0.4) is 0 Å². The van der Waals surface area contributed by atoms with E-state index < -0.39 is 11.8 Å². The molecule has 1 aliphatic rings. The zero-order valence-electron chi connectivity index (χ0n) is 6.50. The fraction of sp³-hybridized carbons (Fsp3) is 0.667. The monoisotopic (exact) mass is 173 g/mol. The highest BCUT2D eigenvalue weighted by Crippen LogP contribution is 2.02. The first-order chi connectivity index (χ1) is 5.74. The largest absolute Gasteiger partial charge is 0.379 e. The summed E-state index contributed by atoms with van der Waals surface area (Å²) in [5, 5.41) is 2.47. The van der Waals surface area contributed by atoms with E-state index in [1.165, 1.54) is 0 Å². The SMILES string of the molecule is NNC(=O)C(=O)NC1CCOC1. The summed E-state index contributed by atoms with van der Waals surface area (Å²) in [6.45, 7) is 1.08. The zero-order valence-corrected chi connectivity index (χ0v) is 6.50. The first-order valence-electron chi connectivity index (χ1n) is 3.63. The normalized spacial score (nSPS) is 21.9. The third-order valence-corrected chi connectivity index (χ3v) is 1.60. The van der Waals surface area contributed by atoms with Gasteiger partial charge in [-0.25, -0.2) is 5.84 Å². The summed E-state index contributed by atoms with van der Waals surface area (Å²) < 4.78 is 4.99. The number of hydrogen-bond donors (Lipinski definition) is 3. The molecule has 12 heavy (non-hydrogen) atoms. The van der Waals surface area contributed by atoms with Gasteiger partial charge >= 0.3 is 11.8 Å². The molecule has 0 bridgehead atoms. The highest BCUT2D eigenvalue weighted by Gasteiger charge is 2.20. The molecular formula is C6H11N3O3. The zero-order chi connectivity index (χ0) is 8.97. The average molecular weight is 173 g/mol. The second-order valence-electron chi connectivity index (χ2n) is 2.51. The highest BCUT2D eigenvalue weighted by molar-refractivity contribution is 6.34. The van der Waals surface area contributed by atoms with Crippen LogP contribution in [0.4, 0.5) is 0 Å². The molecule has 1 aliphatic heterocycles. The number of nitrogens with two attached hydrogens (primary N) is 1. The summed E-state index contributed by atoms with van der Waals surface area (Å²) in [5.41, 5.74) is 1.75. The van der Waals surface area contributed by atoms with E-state index in [0.717, 1.165) is 6.42 Å². The quantitative estimate of drug-likeness (QED) is 0.183. The smallest absolute Gasteiger partial charge is 0.323 e. The molecule has 0 saturated carbocycles. The summed E-state index contributed by atoms with van der Waals surface area (Å²) in [5.74, 6) is 3.21. The van der Waals surface area contributed by atoms with Crippen LogP contribution in [0.25, 0.3) is 0 Å². The van der Waals surface area contributed by atoms with Crippen LogP contribution in [0.2, 0.25) is 0 Å². The van der Waals surface area contributed by atoms with E-state index in [9.17, 15) is 9.59 Å². The minimum atomic E-state index is -0.832. The van der Waals surface area contributed by atoms with Crippen LogP contribution < -0.4 is 16.6 Å². The standard InChI is InChI=1S/C6H11N3O3/c7-9-6(11)5(10)8-4-1-2-12-3-4/h4H,1-3,7H2,(H,8,10)(H,9,11). The number of hydrazine groups is 1. The predicted octanol–water partition coefficient (Wildman–Crippen LogP) is -2.12. The van der Waals surface area contributed by atoms with E-state index in [1.807, 2.05) is 0 Å². The Kier molecular flexibility index (Phi) is 3.01. The Morgan fingerprint density at radius 3 is 2.67 bits per heavy atom. The summed E-state index contributed by atoms with van der Waals surface area (Å²) in [6.07, 6.45) is 0.740. The van der Waals surface area contributed by atoms with Crippen LogP contribution >= 0.6 is 0 Å². The maximum Gasteiger partial charge on any atom is 0.323 e. The van der Waals surface area contributed by atoms with Crippen LogP contribution in [0.15, 0.2) is 0 Å². The van der Waals surface area contributed by atoms with Crippen LogP contribution in [0.1, 0.15) is 6.42 Å². The maximum absolute atomic E-state index is 10.9. The third kappa shape index (κ3) is 2.18. The third-order valence-electron chi connectivity index (χ3n) is 1.60.